The van der Waals surface area contributed by atoms with E-state index >= 15 is 0 Å². The molecule has 0 bridgehead atoms. The zero-order valence-electron chi connectivity index (χ0n) is 10.2. The normalized spacial score (nSPS) is 20.8. The van der Waals surface area contributed by atoms with Gasteiger partial charge in [-0.15, -0.1) is 0 Å². The molecule has 0 fully saturated rings. The summed E-state index contributed by atoms with van der Waals surface area (Å²) in [5.41, 5.74) is 6.84. The molecule has 2 aliphatic rings. The van der Waals surface area contributed by atoms with E-state index in [9.17, 15) is 0 Å². The molecule has 1 aliphatic heterocycles. The average molecular weight is 241 g/mol. The van der Waals surface area contributed by atoms with Gasteiger partial charge in [0.25, 0.3) is 0 Å². The van der Waals surface area contributed by atoms with Gasteiger partial charge in [0.15, 0.2) is 0 Å². The Bertz CT molecular complexity index is 655. The lowest BCUT2D eigenvalue weighted by molar-refractivity contribution is 0.230. The zero-order chi connectivity index (χ0) is 12.5. The summed E-state index contributed by atoms with van der Waals surface area (Å²) in [7, 11) is 1.68. The summed E-state index contributed by atoms with van der Waals surface area (Å²) in [6, 6.07) is 8.13. The summed E-state index contributed by atoms with van der Waals surface area (Å²) in [4.78, 5) is 0. The first-order valence-electron chi connectivity index (χ1n) is 5.97. The number of rotatable bonds is 2. The van der Waals surface area contributed by atoms with Gasteiger partial charge in [-0.2, -0.15) is 0 Å². The summed E-state index contributed by atoms with van der Waals surface area (Å²) in [5, 5.41) is 2.20. The topological polar surface area (TPSA) is 44.5 Å². The molecule has 1 atom stereocenters. The fourth-order valence-corrected chi connectivity index (χ4v) is 2.47. The van der Waals surface area contributed by atoms with Crippen LogP contribution < -0.4 is 16.2 Å². The molecular weight excluding hydrogens is 226 g/mol. The highest BCUT2D eigenvalue weighted by Gasteiger charge is 2.25. The number of nitrogens with two attached hydrogens (primary N) is 1. The van der Waals surface area contributed by atoms with E-state index < -0.39 is 0 Å². The van der Waals surface area contributed by atoms with Gasteiger partial charge in [-0.05, 0) is 17.4 Å². The summed E-state index contributed by atoms with van der Waals surface area (Å²) in [6.45, 7) is 0.403. The van der Waals surface area contributed by atoms with Crippen LogP contribution >= 0.6 is 0 Å². The van der Waals surface area contributed by atoms with E-state index in [1.165, 1.54) is 0 Å². The van der Waals surface area contributed by atoms with Crippen LogP contribution in [0.25, 0.3) is 11.3 Å². The van der Waals surface area contributed by atoms with Gasteiger partial charge in [0, 0.05) is 10.8 Å². The number of fused-ring (bicyclic) bond motifs is 2. The lowest BCUT2D eigenvalue weighted by atomic mass is 9.96. The zero-order valence-corrected chi connectivity index (χ0v) is 10.2. The molecule has 0 radical (unpaired) electrons. The first-order chi connectivity index (χ1) is 8.85. The van der Waals surface area contributed by atoms with Gasteiger partial charge in [0.2, 0.25) is 0 Å². The highest BCUT2D eigenvalue weighted by atomic mass is 16.5. The van der Waals surface area contributed by atoms with Crippen LogP contribution in [0.4, 0.5) is 0 Å². The molecule has 0 spiro atoms. The summed E-state index contributed by atoms with van der Waals surface area (Å²) in [5.74, 6) is 1.69. The maximum atomic E-state index is 5.95. The molecule has 3 nitrogen and oxygen atoms in total. The Labute approximate surface area is 106 Å². The van der Waals surface area contributed by atoms with Crippen molar-refractivity contribution in [2.45, 2.75) is 6.10 Å². The molecule has 0 saturated carbocycles. The lowest BCUT2D eigenvalue weighted by Crippen LogP contribution is -2.41. The van der Waals surface area contributed by atoms with E-state index in [0.29, 0.717) is 6.54 Å². The van der Waals surface area contributed by atoms with Gasteiger partial charge < -0.3 is 15.2 Å². The standard InChI is InChI=1S/C15H15NO2/c1-17-12-7-4-8-13-15(12)11-6-3-2-5-10(11)14(9-16)18-13/h2-8,13H,9,16H2,1H3. The second kappa shape index (κ2) is 4.35. The Balaban J connectivity index is 2.39. The molecular formula is C15H15NO2. The first-order valence-corrected chi connectivity index (χ1v) is 5.97. The molecule has 2 N–H and O–H groups in total. The van der Waals surface area contributed by atoms with Crippen molar-refractivity contribution >= 4 is 11.3 Å². The van der Waals surface area contributed by atoms with E-state index in [1.54, 1.807) is 7.11 Å². The first kappa shape index (κ1) is 11.1. The maximum absolute atomic E-state index is 5.95. The number of benzene rings is 1. The Hall–Kier alpha value is -2.00. The van der Waals surface area contributed by atoms with Crippen LogP contribution in [-0.4, -0.2) is 19.8 Å². The Morgan fingerprint density at radius 1 is 1.28 bits per heavy atom. The molecule has 18 heavy (non-hydrogen) atoms. The van der Waals surface area contributed by atoms with Crippen LogP contribution in [0.1, 0.15) is 0 Å². The third kappa shape index (κ3) is 1.56. The van der Waals surface area contributed by atoms with Crippen molar-refractivity contribution < 1.29 is 9.47 Å². The Kier molecular flexibility index (Phi) is 2.68. The Morgan fingerprint density at radius 2 is 2.06 bits per heavy atom. The molecule has 3 rings (SSSR count). The summed E-state index contributed by atoms with van der Waals surface area (Å²) in [6.07, 6.45) is 5.83. The average Bonchev–Trinajstić information content (AvgIpc) is 2.45. The summed E-state index contributed by atoms with van der Waals surface area (Å²) >= 11 is 0. The van der Waals surface area contributed by atoms with Gasteiger partial charge >= 0.3 is 0 Å². The molecule has 92 valence electrons. The lowest BCUT2D eigenvalue weighted by Gasteiger charge is -2.27. The number of allylic oxidation sites excluding steroid dienone is 2. The fourth-order valence-electron chi connectivity index (χ4n) is 2.47. The molecule has 1 aliphatic carbocycles. The minimum Gasteiger partial charge on any atom is -0.496 e. The van der Waals surface area contributed by atoms with Crippen LogP contribution in [0.2, 0.25) is 0 Å². The van der Waals surface area contributed by atoms with Gasteiger partial charge in [-0.1, -0.05) is 30.3 Å². The number of methoxy groups -OCH3 is 1. The summed E-state index contributed by atoms with van der Waals surface area (Å²) < 4.78 is 11.4. The number of ether oxygens (including phenoxy) is 2. The molecule has 1 aromatic carbocycles. The predicted molar refractivity (Wildman–Crippen MR) is 70.7 cm³/mol. The van der Waals surface area contributed by atoms with Crippen LogP contribution in [0, 0.1) is 0 Å². The smallest absolute Gasteiger partial charge is 0.146 e. The predicted octanol–water partition coefficient (Wildman–Crippen LogP) is 0.403. The second-order valence-electron chi connectivity index (χ2n) is 4.24. The monoisotopic (exact) mass is 241 g/mol. The van der Waals surface area contributed by atoms with Gasteiger partial charge in [0.05, 0.1) is 13.7 Å². The van der Waals surface area contributed by atoms with Crippen molar-refractivity contribution in [2.75, 3.05) is 13.7 Å². The molecule has 1 heterocycles. The molecule has 0 aromatic heterocycles. The van der Waals surface area contributed by atoms with E-state index in [4.69, 9.17) is 15.2 Å². The highest BCUT2D eigenvalue weighted by Crippen LogP contribution is 2.26. The number of hydrogen-bond acceptors (Lipinski definition) is 3. The molecule has 0 saturated heterocycles. The van der Waals surface area contributed by atoms with Crippen molar-refractivity contribution in [3.05, 3.63) is 58.7 Å². The van der Waals surface area contributed by atoms with Crippen LogP contribution in [-0.2, 0) is 9.47 Å². The van der Waals surface area contributed by atoms with E-state index in [1.807, 2.05) is 36.4 Å². The van der Waals surface area contributed by atoms with Gasteiger partial charge in [-0.25, -0.2) is 0 Å². The minimum absolute atomic E-state index is 0.0987. The third-order valence-corrected chi connectivity index (χ3v) is 3.28. The van der Waals surface area contributed by atoms with Crippen molar-refractivity contribution in [2.24, 2.45) is 5.73 Å². The van der Waals surface area contributed by atoms with E-state index in [-0.39, 0.29) is 6.10 Å². The molecule has 1 aromatic rings. The van der Waals surface area contributed by atoms with Crippen molar-refractivity contribution in [3.63, 3.8) is 0 Å². The van der Waals surface area contributed by atoms with Gasteiger partial charge in [0.1, 0.15) is 17.6 Å². The maximum Gasteiger partial charge on any atom is 0.146 e. The van der Waals surface area contributed by atoms with Crippen molar-refractivity contribution in [1.82, 2.24) is 0 Å². The molecule has 3 heteroatoms. The third-order valence-electron chi connectivity index (χ3n) is 3.28. The number of hydrogen-bond donors (Lipinski definition) is 1. The van der Waals surface area contributed by atoms with Gasteiger partial charge in [-0.3, -0.25) is 0 Å². The van der Waals surface area contributed by atoms with Crippen LogP contribution in [0.5, 0.6) is 0 Å². The van der Waals surface area contributed by atoms with Crippen LogP contribution in [0.15, 0.2) is 48.3 Å². The fraction of sp³-hybridized carbons (Fsp3) is 0.200. The SMILES string of the molecule is COC1=CC=CC2OC(CN)=c3ccccc3=C12. The largest absolute Gasteiger partial charge is 0.496 e. The van der Waals surface area contributed by atoms with E-state index in [0.717, 1.165) is 27.5 Å². The van der Waals surface area contributed by atoms with Crippen LogP contribution in [0.3, 0.4) is 0 Å². The minimum atomic E-state index is -0.0987. The quantitative estimate of drug-likeness (QED) is 0.815. The molecule has 0 amide bonds. The van der Waals surface area contributed by atoms with E-state index in [2.05, 4.69) is 6.07 Å². The van der Waals surface area contributed by atoms with Crippen molar-refractivity contribution in [3.8, 4) is 0 Å². The van der Waals surface area contributed by atoms with Crippen molar-refractivity contribution in [1.29, 1.82) is 0 Å². The second-order valence-corrected chi connectivity index (χ2v) is 4.24. The highest BCUT2D eigenvalue weighted by molar-refractivity contribution is 5.72. The molecule has 1 unspecified atom stereocenters. The Morgan fingerprint density at radius 3 is 2.78 bits per heavy atom.